The van der Waals surface area contributed by atoms with Crippen molar-refractivity contribution >= 4 is 12.0 Å². The fraction of sp³-hybridized carbons (Fsp3) is 0.579. The van der Waals surface area contributed by atoms with Crippen molar-refractivity contribution < 1.29 is 19.1 Å². The number of hydrogen-bond acceptors (Lipinski definition) is 5. The Hall–Kier alpha value is -2.28. The Morgan fingerprint density at radius 1 is 1.23 bits per heavy atom. The predicted octanol–water partition coefficient (Wildman–Crippen LogP) is 1.56. The van der Waals surface area contributed by atoms with Crippen LogP contribution < -0.4 is 15.4 Å². The number of amides is 2. The highest BCUT2D eigenvalue weighted by Gasteiger charge is 2.23. The molecule has 0 aromatic heterocycles. The van der Waals surface area contributed by atoms with Gasteiger partial charge in [0.05, 0.1) is 20.3 Å². The first-order valence-corrected chi connectivity index (χ1v) is 9.17. The third-order valence-corrected chi connectivity index (χ3v) is 4.48. The molecule has 0 atom stereocenters. The fourth-order valence-corrected chi connectivity index (χ4v) is 3.03. The summed E-state index contributed by atoms with van der Waals surface area (Å²) in [6, 6.07) is 8.06. The molecule has 2 amide bonds. The molecule has 0 unspecified atom stereocenters. The van der Waals surface area contributed by atoms with Crippen LogP contribution in [0.3, 0.4) is 0 Å². The van der Waals surface area contributed by atoms with Gasteiger partial charge in [-0.15, -0.1) is 0 Å². The summed E-state index contributed by atoms with van der Waals surface area (Å²) >= 11 is 0. The van der Waals surface area contributed by atoms with Crippen LogP contribution in [0.1, 0.15) is 25.3 Å². The number of para-hydroxylation sites is 1. The Balaban J connectivity index is 1.61. The second kappa shape index (κ2) is 10.7. The Kier molecular flexibility index (Phi) is 8.21. The lowest BCUT2D eigenvalue weighted by Gasteiger charge is -2.31. The van der Waals surface area contributed by atoms with E-state index in [-0.39, 0.29) is 24.6 Å². The molecule has 144 valence electrons. The van der Waals surface area contributed by atoms with Crippen molar-refractivity contribution in [1.29, 1.82) is 0 Å². The average molecular weight is 363 g/mol. The fourth-order valence-electron chi connectivity index (χ4n) is 3.03. The Morgan fingerprint density at radius 2 is 1.96 bits per heavy atom. The van der Waals surface area contributed by atoms with E-state index >= 15 is 0 Å². The van der Waals surface area contributed by atoms with Gasteiger partial charge >= 0.3 is 6.09 Å². The van der Waals surface area contributed by atoms with Gasteiger partial charge < -0.3 is 25.0 Å². The summed E-state index contributed by atoms with van der Waals surface area (Å²) in [5.41, 5.74) is 1.08. The van der Waals surface area contributed by atoms with Crippen LogP contribution in [0.2, 0.25) is 0 Å². The van der Waals surface area contributed by atoms with Crippen LogP contribution in [0.15, 0.2) is 24.3 Å². The molecule has 1 heterocycles. The summed E-state index contributed by atoms with van der Waals surface area (Å²) in [6.45, 7) is 4.38. The molecule has 1 aliphatic rings. The zero-order chi connectivity index (χ0) is 18.8. The van der Waals surface area contributed by atoms with Gasteiger partial charge in [0.15, 0.2) is 0 Å². The van der Waals surface area contributed by atoms with Crippen LogP contribution in [0, 0.1) is 0 Å². The summed E-state index contributed by atoms with van der Waals surface area (Å²) in [5.74, 6) is 0.820. The van der Waals surface area contributed by atoms with E-state index in [1.54, 1.807) is 18.9 Å². The second-order valence-electron chi connectivity index (χ2n) is 6.25. The Bertz CT molecular complexity index is 586. The van der Waals surface area contributed by atoms with E-state index in [2.05, 4.69) is 10.6 Å². The highest BCUT2D eigenvalue weighted by Crippen LogP contribution is 2.17. The van der Waals surface area contributed by atoms with Gasteiger partial charge in [0, 0.05) is 25.7 Å². The third kappa shape index (κ3) is 6.22. The van der Waals surface area contributed by atoms with E-state index < -0.39 is 0 Å². The van der Waals surface area contributed by atoms with Crippen molar-refractivity contribution in [2.75, 3.05) is 39.9 Å². The van der Waals surface area contributed by atoms with Gasteiger partial charge in [0.1, 0.15) is 5.75 Å². The first-order chi connectivity index (χ1) is 12.6. The zero-order valence-electron chi connectivity index (χ0n) is 15.6. The van der Waals surface area contributed by atoms with E-state index in [0.29, 0.717) is 26.2 Å². The number of carbonyl (C=O) groups excluding carboxylic acids is 2. The molecular weight excluding hydrogens is 334 g/mol. The highest BCUT2D eigenvalue weighted by molar-refractivity contribution is 5.78. The zero-order valence-corrected chi connectivity index (χ0v) is 15.6. The minimum atomic E-state index is -0.250. The maximum absolute atomic E-state index is 12.0. The first-order valence-electron chi connectivity index (χ1n) is 9.17. The molecule has 1 aromatic carbocycles. The van der Waals surface area contributed by atoms with Crippen molar-refractivity contribution in [3.05, 3.63) is 29.8 Å². The van der Waals surface area contributed by atoms with Crippen LogP contribution in [0.4, 0.5) is 4.79 Å². The molecule has 1 fully saturated rings. The number of rotatable bonds is 8. The maximum atomic E-state index is 12.0. The van der Waals surface area contributed by atoms with Crippen molar-refractivity contribution in [3.63, 3.8) is 0 Å². The monoisotopic (exact) mass is 363 g/mol. The van der Waals surface area contributed by atoms with E-state index in [0.717, 1.165) is 30.6 Å². The smallest absolute Gasteiger partial charge is 0.409 e. The lowest BCUT2D eigenvalue weighted by Crippen LogP contribution is -2.47. The number of benzene rings is 1. The number of methoxy groups -OCH3 is 1. The van der Waals surface area contributed by atoms with E-state index in [1.807, 2.05) is 24.3 Å². The Morgan fingerprint density at radius 3 is 2.65 bits per heavy atom. The van der Waals surface area contributed by atoms with Gasteiger partial charge in [-0.3, -0.25) is 4.79 Å². The van der Waals surface area contributed by atoms with Crippen molar-refractivity contribution in [2.45, 2.75) is 32.2 Å². The number of likely N-dealkylation sites (tertiary alicyclic amines) is 1. The molecule has 0 saturated carbocycles. The predicted molar refractivity (Wildman–Crippen MR) is 99.3 cm³/mol. The Labute approximate surface area is 155 Å². The first kappa shape index (κ1) is 20.0. The van der Waals surface area contributed by atoms with Crippen LogP contribution in [-0.4, -0.2) is 62.8 Å². The van der Waals surface area contributed by atoms with Gasteiger partial charge in [-0.1, -0.05) is 18.2 Å². The van der Waals surface area contributed by atoms with E-state index in [9.17, 15) is 9.59 Å². The molecule has 2 N–H and O–H groups in total. The molecule has 2 rings (SSSR count). The maximum Gasteiger partial charge on any atom is 0.409 e. The molecule has 26 heavy (non-hydrogen) atoms. The molecule has 1 saturated heterocycles. The number of hydrogen-bond donors (Lipinski definition) is 2. The van der Waals surface area contributed by atoms with Crippen LogP contribution in [0.25, 0.3) is 0 Å². The lowest BCUT2D eigenvalue weighted by molar-refractivity contribution is -0.120. The molecule has 1 aromatic rings. The largest absolute Gasteiger partial charge is 0.496 e. The summed E-state index contributed by atoms with van der Waals surface area (Å²) in [4.78, 5) is 25.4. The van der Waals surface area contributed by atoms with Crippen LogP contribution in [0.5, 0.6) is 5.75 Å². The average Bonchev–Trinajstić information content (AvgIpc) is 2.67. The van der Waals surface area contributed by atoms with Gasteiger partial charge in [0.25, 0.3) is 0 Å². The second-order valence-corrected chi connectivity index (χ2v) is 6.25. The minimum Gasteiger partial charge on any atom is -0.496 e. The molecule has 0 aliphatic carbocycles. The number of ether oxygens (including phenoxy) is 2. The van der Waals surface area contributed by atoms with Crippen molar-refractivity contribution in [1.82, 2.24) is 15.5 Å². The molecule has 0 bridgehead atoms. The number of nitrogens with one attached hydrogen (secondary N) is 2. The quantitative estimate of drug-likeness (QED) is 0.733. The van der Waals surface area contributed by atoms with Gasteiger partial charge in [-0.2, -0.15) is 0 Å². The summed E-state index contributed by atoms with van der Waals surface area (Å²) in [5, 5.41) is 6.19. The summed E-state index contributed by atoms with van der Waals surface area (Å²) in [7, 11) is 1.65. The molecule has 7 nitrogen and oxygen atoms in total. The molecule has 7 heteroatoms. The normalized spacial score (nSPS) is 14.8. The third-order valence-electron chi connectivity index (χ3n) is 4.48. The van der Waals surface area contributed by atoms with E-state index in [1.165, 1.54) is 0 Å². The topological polar surface area (TPSA) is 79.9 Å². The number of piperidine rings is 1. The van der Waals surface area contributed by atoms with Gasteiger partial charge in [-0.25, -0.2) is 4.79 Å². The molecule has 0 radical (unpaired) electrons. The van der Waals surface area contributed by atoms with Crippen LogP contribution >= 0.6 is 0 Å². The van der Waals surface area contributed by atoms with Crippen molar-refractivity contribution in [2.24, 2.45) is 0 Å². The van der Waals surface area contributed by atoms with Crippen LogP contribution in [-0.2, 0) is 16.0 Å². The summed E-state index contributed by atoms with van der Waals surface area (Å²) < 4.78 is 10.3. The lowest BCUT2D eigenvalue weighted by atomic mass is 10.1. The molecule has 1 aliphatic heterocycles. The number of carbonyl (C=O) groups is 2. The number of nitrogens with zero attached hydrogens (tertiary/aromatic N) is 1. The van der Waals surface area contributed by atoms with Gasteiger partial charge in [-0.05, 0) is 37.8 Å². The molecule has 0 spiro atoms. The van der Waals surface area contributed by atoms with E-state index in [4.69, 9.17) is 9.47 Å². The summed E-state index contributed by atoms with van der Waals surface area (Å²) in [6.07, 6.45) is 2.13. The SMILES string of the molecule is CCOC(=O)N1CCC(NCC(=O)NCCc2ccccc2OC)CC1. The van der Waals surface area contributed by atoms with Crippen molar-refractivity contribution in [3.8, 4) is 5.75 Å². The molecular formula is C19H29N3O4. The minimum absolute atomic E-state index is 0.0206. The standard InChI is InChI=1S/C19H29N3O4/c1-3-26-19(24)22-12-9-16(10-13-22)21-14-18(23)20-11-8-15-6-4-5-7-17(15)25-2/h4-7,16,21H,3,8-14H2,1-2H3,(H,20,23). The van der Waals surface area contributed by atoms with Gasteiger partial charge in [0.2, 0.25) is 5.91 Å². The highest BCUT2D eigenvalue weighted by atomic mass is 16.6.